The molecule has 18 heavy (non-hydrogen) atoms. The van der Waals surface area contributed by atoms with Gasteiger partial charge in [-0.05, 0) is 12.8 Å². The van der Waals surface area contributed by atoms with Gasteiger partial charge in [-0.1, -0.05) is 13.8 Å². The number of rotatable bonds is 4. The molecule has 0 spiro atoms. The van der Waals surface area contributed by atoms with Crippen molar-refractivity contribution in [3.63, 3.8) is 0 Å². The van der Waals surface area contributed by atoms with Crippen molar-refractivity contribution < 1.29 is 9.59 Å². The van der Waals surface area contributed by atoms with Crippen LogP contribution in [0, 0.1) is 5.92 Å². The van der Waals surface area contributed by atoms with Crippen LogP contribution >= 0.6 is 0 Å². The predicted octanol–water partition coefficient (Wildman–Crippen LogP) is 0.112. The first-order valence-corrected chi connectivity index (χ1v) is 6.90. The molecule has 2 aliphatic rings. The fourth-order valence-electron chi connectivity index (χ4n) is 2.87. The zero-order valence-corrected chi connectivity index (χ0v) is 11.2. The van der Waals surface area contributed by atoms with Gasteiger partial charge in [0.05, 0.1) is 12.0 Å². The number of piperidine rings is 1. The molecule has 0 radical (unpaired) electrons. The third-order valence-corrected chi connectivity index (χ3v) is 3.81. The number of fused-ring (bicyclic) bond motifs is 1. The quantitative estimate of drug-likeness (QED) is 0.747. The third kappa shape index (κ3) is 2.83. The summed E-state index contributed by atoms with van der Waals surface area (Å²) < 4.78 is 0. The molecule has 2 atom stereocenters. The van der Waals surface area contributed by atoms with Crippen LogP contribution in [0.15, 0.2) is 0 Å². The molecule has 5 heteroatoms. The number of carbonyl (C=O) groups is 2. The molecule has 2 unspecified atom stereocenters. The first-order valence-electron chi connectivity index (χ1n) is 6.90. The van der Waals surface area contributed by atoms with E-state index >= 15 is 0 Å². The summed E-state index contributed by atoms with van der Waals surface area (Å²) in [5.41, 5.74) is 0. The van der Waals surface area contributed by atoms with Crippen molar-refractivity contribution in [3.05, 3.63) is 0 Å². The van der Waals surface area contributed by atoms with Crippen molar-refractivity contribution in [3.8, 4) is 0 Å². The van der Waals surface area contributed by atoms with Crippen LogP contribution in [0.2, 0.25) is 0 Å². The molecule has 0 saturated carbocycles. The average Bonchev–Trinajstić information content (AvgIpc) is 2.71. The molecule has 0 aromatic carbocycles. The van der Waals surface area contributed by atoms with Crippen LogP contribution < -0.4 is 10.6 Å². The molecule has 0 bridgehead atoms. The second-order valence-corrected chi connectivity index (χ2v) is 5.51. The lowest BCUT2D eigenvalue weighted by molar-refractivity contribution is -0.136. The molecular formula is C13H23N3O2. The monoisotopic (exact) mass is 253 g/mol. The number of carbonyl (C=O) groups excluding carboxylic acids is 2. The zero-order chi connectivity index (χ0) is 13.1. The van der Waals surface area contributed by atoms with Gasteiger partial charge in [0.2, 0.25) is 11.8 Å². The van der Waals surface area contributed by atoms with Gasteiger partial charge in [0.25, 0.3) is 0 Å². The van der Waals surface area contributed by atoms with E-state index in [-0.39, 0.29) is 23.8 Å². The second-order valence-electron chi connectivity index (χ2n) is 5.51. The molecule has 2 saturated heterocycles. The molecule has 2 heterocycles. The fraction of sp³-hybridized carbons (Fsp3) is 0.846. The van der Waals surface area contributed by atoms with E-state index in [1.165, 1.54) is 0 Å². The first-order chi connectivity index (χ1) is 8.59. The summed E-state index contributed by atoms with van der Waals surface area (Å²) >= 11 is 0. The van der Waals surface area contributed by atoms with Gasteiger partial charge < -0.3 is 15.5 Å². The minimum atomic E-state index is 0.0285. The lowest BCUT2D eigenvalue weighted by atomic mass is 9.91. The Hall–Kier alpha value is -1.10. The zero-order valence-electron chi connectivity index (χ0n) is 11.2. The van der Waals surface area contributed by atoms with Gasteiger partial charge in [0.1, 0.15) is 0 Å². The lowest BCUT2D eigenvalue weighted by Gasteiger charge is -2.36. The Labute approximate surface area is 108 Å². The number of nitrogens with zero attached hydrogens (tertiary/aromatic N) is 1. The summed E-state index contributed by atoms with van der Waals surface area (Å²) in [5.74, 6) is 0.327. The Morgan fingerprint density at radius 1 is 1.56 bits per heavy atom. The summed E-state index contributed by atoms with van der Waals surface area (Å²) in [6, 6.07) is 0.499. The van der Waals surface area contributed by atoms with Gasteiger partial charge >= 0.3 is 0 Å². The Morgan fingerprint density at radius 3 is 3.06 bits per heavy atom. The number of nitrogens with one attached hydrogen (secondary N) is 2. The molecule has 2 amide bonds. The van der Waals surface area contributed by atoms with Crippen molar-refractivity contribution in [1.29, 1.82) is 0 Å². The normalized spacial score (nSPS) is 27.3. The molecule has 0 aliphatic carbocycles. The number of likely N-dealkylation sites (tertiary alicyclic amines) is 1. The highest BCUT2D eigenvalue weighted by atomic mass is 16.2. The minimum Gasteiger partial charge on any atom is -0.354 e. The van der Waals surface area contributed by atoms with Crippen LogP contribution in [-0.4, -0.2) is 48.4 Å². The Kier molecular flexibility index (Phi) is 4.22. The van der Waals surface area contributed by atoms with E-state index in [9.17, 15) is 9.59 Å². The molecular weight excluding hydrogens is 230 g/mol. The van der Waals surface area contributed by atoms with Crippen molar-refractivity contribution in [2.75, 3.05) is 19.6 Å². The van der Waals surface area contributed by atoms with Crippen molar-refractivity contribution in [2.45, 2.75) is 45.2 Å². The Bertz CT molecular complexity index is 330. The topological polar surface area (TPSA) is 61.4 Å². The smallest absolute Gasteiger partial charge is 0.225 e. The van der Waals surface area contributed by atoms with E-state index in [1.54, 1.807) is 0 Å². The van der Waals surface area contributed by atoms with Gasteiger partial charge in [-0.2, -0.15) is 0 Å². The summed E-state index contributed by atoms with van der Waals surface area (Å²) in [7, 11) is 0. The van der Waals surface area contributed by atoms with Crippen LogP contribution in [0.3, 0.4) is 0 Å². The SMILES string of the molecule is CC(C)NCCC(=O)N1CCCC2C(=O)NCC21. The summed E-state index contributed by atoms with van der Waals surface area (Å²) in [6.45, 7) is 6.29. The maximum absolute atomic E-state index is 12.2. The number of amides is 2. The highest BCUT2D eigenvalue weighted by Crippen LogP contribution is 2.27. The van der Waals surface area contributed by atoms with Crippen molar-refractivity contribution >= 4 is 11.8 Å². The predicted molar refractivity (Wildman–Crippen MR) is 69.0 cm³/mol. The Morgan fingerprint density at radius 2 is 2.33 bits per heavy atom. The van der Waals surface area contributed by atoms with Crippen LogP contribution in [0.1, 0.15) is 33.1 Å². The van der Waals surface area contributed by atoms with Crippen LogP contribution in [0.4, 0.5) is 0 Å². The fourth-order valence-corrected chi connectivity index (χ4v) is 2.87. The molecule has 0 aromatic heterocycles. The lowest BCUT2D eigenvalue weighted by Crippen LogP contribution is -2.49. The van der Waals surface area contributed by atoms with Gasteiger partial charge in [-0.25, -0.2) is 0 Å². The highest BCUT2D eigenvalue weighted by molar-refractivity contribution is 5.84. The summed E-state index contributed by atoms with van der Waals surface area (Å²) in [6.07, 6.45) is 2.39. The van der Waals surface area contributed by atoms with E-state index in [2.05, 4.69) is 24.5 Å². The van der Waals surface area contributed by atoms with Gasteiger partial charge in [0, 0.05) is 32.1 Å². The molecule has 2 fully saturated rings. The standard InChI is InChI=1S/C13H23N3O2/c1-9(2)14-6-5-12(17)16-7-3-4-10-11(16)8-15-13(10)18/h9-11,14H,3-8H2,1-2H3,(H,15,18). The maximum Gasteiger partial charge on any atom is 0.225 e. The van der Waals surface area contributed by atoms with E-state index in [4.69, 9.17) is 0 Å². The van der Waals surface area contributed by atoms with E-state index in [1.807, 2.05) is 4.90 Å². The number of hydrogen-bond donors (Lipinski definition) is 2. The van der Waals surface area contributed by atoms with Crippen LogP contribution in [-0.2, 0) is 9.59 Å². The first kappa shape index (κ1) is 13.3. The highest BCUT2D eigenvalue weighted by Gasteiger charge is 2.42. The van der Waals surface area contributed by atoms with Crippen LogP contribution in [0.5, 0.6) is 0 Å². The molecule has 2 rings (SSSR count). The summed E-state index contributed by atoms with van der Waals surface area (Å²) in [4.78, 5) is 25.7. The van der Waals surface area contributed by atoms with E-state index < -0.39 is 0 Å². The van der Waals surface area contributed by atoms with Gasteiger partial charge in [-0.3, -0.25) is 9.59 Å². The molecule has 102 valence electrons. The van der Waals surface area contributed by atoms with E-state index in [0.29, 0.717) is 25.6 Å². The minimum absolute atomic E-state index is 0.0285. The maximum atomic E-state index is 12.2. The third-order valence-electron chi connectivity index (χ3n) is 3.81. The van der Waals surface area contributed by atoms with Gasteiger partial charge in [0.15, 0.2) is 0 Å². The van der Waals surface area contributed by atoms with Crippen molar-refractivity contribution in [1.82, 2.24) is 15.5 Å². The summed E-state index contributed by atoms with van der Waals surface area (Å²) in [5, 5.41) is 6.13. The molecule has 5 nitrogen and oxygen atoms in total. The van der Waals surface area contributed by atoms with Gasteiger partial charge in [-0.15, -0.1) is 0 Å². The van der Waals surface area contributed by atoms with Crippen LogP contribution in [0.25, 0.3) is 0 Å². The number of hydrogen-bond acceptors (Lipinski definition) is 3. The average molecular weight is 253 g/mol. The molecule has 2 N–H and O–H groups in total. The largest absolute Gasteiger partial charge is 0.354 e. The van der Waals surface area contributed by atoms with E-state index in [0.717, 1.165) is 19.4 Å². The van der Waals surface area contributed by atoms with Crippen molar-refractivity contribution in [2.24, 2.45) is 5.92 Å². The molecule has 0 aromatic rings. The second kappa shape index (κ2) is 5.69. The Balaban J connectivity index is 1.87. The molecule has 2 aliphatic heterocycles.